The molecule has 32 heavy (non-hydrogen) atoms. The van der Waals surface area contributed by atoms with Crippen LogP contribution in [0.1, 0.15) is 5.56 Å². The number of nitrogens with zero attached hydrogens (tertiary/aromatic N) is 6. The minimum atomic E-state index is -0.674. The molecular formula is C21H26Cl2N6O3. The number of piperazine rings is 1. The monoisotopic (exact) mass is 480 g/mol. The summed E-state index contributed by atoms with van der Waals surface area (Å²) in [5.74, 6) is 0. The fourth-order valence-corrected chi connectivity index (χ4v) is 4.61. The molecule has 9 nitrogen and oxygen atoms in total. The van der Waals surface area contributed by atoms with Gasteiger partial charge in [-0.25, -0.2) is 9.78 Å². The number of hydrogen-bond donors (Lipinski definition) is 1. The van der Waals surface area contributed by atoms with Crippen molar-refractivity contribution < 1.29 is 5.11 Å². The molecule has 1 aromatic carbocycles. The number of aliphatic hydroxyl groups is 1. The van der Waals surface area contributed by atoms with E-state index in [2.05, 4.69) is 14.8 Å². The number of benzene rings is 1. The average Bonchev–Trinajstić information content (AvgIpc) is 3.17. The van der Waals surface area contributed by atoms with E-state index in [1.54, 1.807) is 17.7 Å². The van der Waals surface area contributed by atoms with Gasteiger partial charge in [0.25, 0.3) is 5.56 Å². The summed E-state index contributed by atoms with van der Waals surface area (Å²) in [5, 5.41) is 12.0. The van der Waals surface area contributed by atoms with Gasteiger partial charge in [0.1, 0.15) is 0 Å². The van der Waals surface area contributed by atoms with Gasteiger partial charge in [-0.1, -0.05) is 29.3 Å². The van der Waals surface area contributed by atoms with Crippen LogP contribution in [0, 0.1) is 0 Å². The van der Waals surface area contributed by atoms with Gasteiger partial charge in [0.2, 0.25) is 0 Å². The fraction of sp³-hybridized carbons (Fsp3) is 0.476. The molecule has 1 aliphatic heterocycles. The van der Waals surface area contributed by atoms with Gasteiger partial charge < -0.3 is 9.67 Å². The summed E-state index contributed by atoms with van der Waals surface area (Å²) in [4.78, 5) is 33.4. The number of aryl methyl sites for hydroxylation is 1. The van der Waals surface area contributed by atoms with E-state index in [9.17, 15) is 14.7 Å². The molecule has 4 rings (SSSR count). The Morgan fingerprint density at radius 3 is 2.41 bits per heavy atom. The van der Waals surface area contributed by atoms with Crippen LogP contribution in [0.3, 0.4) is 0 Å². The van der Waals surface area contributed by atoms with Gasteiger partial charge >= 0.3 is 5.69 Å². The predicted octanol–water partition coefficient (Wildman–Crippen LogP) is 0.919. The minimum Gasteiger partial charge on any atom is -0.390 e. The SMILES string of the molecule is Cn1c(=O)c2c(ncn2CC(O)CN2CCN(Cc3ccc(Cl)cc3Cl)CC2)n(C)c1=O. The van der Waals surface area contributed by atoms with E-state index < -0.39 is 17.4 Å². The van der Waals surface area contributed by atoms with Crippen molar-refractivity contribution in [1.29, 1.82) is 0 Å². The van der Waals surface area contributed by atoms with Crippen LogP contribution in [-0.4, -0.2) is 72.4 Å². The molecule has 0 amide bonds. The second-order valence-corrected chi connectivity index (χ2v) is 9.08. The summed E-state index contributed by atoms with van der Waals surface area (Å²) in [5.41, 5.74) is 0.846. The molecule has 2 aromatic heterocycles. The van der Waals surface area contributed by atoms with Crippen LogP contribution in [0.25, 0.3) is 11.2 Å². The second kappa shape index (κ2) is 9.36. The number of halogens is 2. The van der Waals surface area contributed by atoms with Gasteiger partial charge in [0.15, 0.2) is 11.2 Å². The summed E-state index contributed by atoms with van der Waals surface area (Å²) in [6.07, 6.45) is 0.828. The first-order chi connectivity index (χ1) is 15.2. The van der Waals surface area contributed by atoms with Crippen LogP contribution < -0.4 is 11.2 Å². The first-order valence-electron chi connectivity index (χ1n) is 10.4. The van der Waals surface area contributed by atoms with Crippen molar-refractivity contribution in [3.63, 3.8) is 0 Å². The molecule has 0 radical (unpaired) electrons. The number of fused-ring (bicyclic) bond motifs is 1. The highest BCUT2D eigenvalue weighted by atomic mass is 35.5. The Hall–Kier alpha value is -2.17. The van der Waals surface area contributed by atoms with Crippen LogP contribution in [-0.2, 0) is 27.2 Å². The molecule has 1 atom stereocenters. The molecule has 1 aliphatic rings. The molecular weight excluding hydrogens is 455 g/mol. The third-order valence-corrected chi connectivity index (χ3v) is 6.55. The van der Waals surface area contributed by atoms with Crippen molar-refractivity contribution in [1.82, 2.24) is 28.5 Å². The number of hydrogen-bond acceptors (Lipinski definition) is 6. The van der Waals surface area contributed by atoms with Crippen molar-refractivity contribution in [3.05, 3.63) is 61.0 Å². The van der Waals surface area contributed by atoms with E-state index in [0.717, 1.165) is 42.9 Å². The molecule has 0 bridgehead atoms. The molecule has 11 heteroatoms. The molecule has 1 fully saturated rings. The topological polar surface area (TPSA) is 88.5 Å². The third kappa shape index (κ3) is 4.62. The predicted molar refractivity (Wildman–Crippen MR) is 124 cm³/mol. The quantitative estimate of drug-likeness (QED) is 0.564. The summed E-state index contributed by atoms with van der Waals surface area (Å²) < 4.78 is 4.02. The van der Waals surface area contributed by atoms with Crippen molar-refractivity contribution >= 4 is 34.4 Å². The van der Waals surface area contributed by atoms with E-state index >= 15 is 0 Å². The van der Waals surface area contributed by atoms with Crippen LogP contribution in [0.2, 0.25) is 10.0 Å². The smallest absolute Gasteiger partial charge is 0.332 e. The lowest BCUT2D eigenvalue weighted by molar-refractivity contribution is 0.0628. The Kier molecular flexibility index (Phi) is 6.73. The molecule has 172 valence electrons. The highest BCUT2D eigenvalue weighted by Crippen LogP contribution is 2.22. The van der Waals surface area contributed by atoms with Gasteiger partial charge in [-0.3, -0.25) is 23.7 Å². The molecule has 3 aromatic rings. The minimum absolute atomic E-state index is 0.227. The van der Waals surface area contributed by atoms with Crippen LogP contribution in [0.4, 0.5) is 0 Å². The molecule has 1 saturated heterocycles. The number of aromatic nitrogens is 4. The van der Waals surface area contributed by atoms with E-state index in [1.165, 1.54) is 17.9 Å². The van der Waals surface area contributed by atoms with E-state index in [-0.39, 0.29) is 6.54 Å². The summed E-state index contributed by atoms with van der Waals surface area (Å²) in [7, 11) is 3.02. The molecule has 1 N–H and O–H groups in total. The fourth-order valence-electron chi connectivity index (χ4n) is 4.14. The first-order valence-corrected chi connectivity index (χ1v) is 11.2. The van der Waals surface area contributed by atoms with Crippen molar-refractivity contribution in [3.8, 4) is 0 Å². The van der Waals surface area contributed by atoms with Gasteiger partial charge in [0.05, 0.1) is 19.0 Å². The van der Waals surface area contributed by atoms with Crippen molar-refractivity contribution in [2.24, 2.45) is 14.1 Å². The second-order valence-electron chi connectivity index (χ2n) is 8.24. The summed E-state index contributed by atoms with van der Waals surface area (Å²) in [6.45, 7) is 4.85. The maximum Gasteiger partial charge on any atom is 0.332 e. The zero-order valence-electron chi connectivity index (χ0n) is 18.0. The van der Waals surface area contributed by atoms with E-state index in [4.69, 9.17) is 23.2 Å². The molecule has 0 aliphatic carbocycles. The van der Waals surface area contributed by atoms with Gasteiger partial charge in [0, 0.05) is 63.4 Å². The van der Waals surface area contributed by atoms with E-state index in [0.29, 0.717) is 27.8 Å². The number of aliphatic hydroxyl groups excluding tert-OH is 1. The van der Waals surface area contributed by atoms with Crippen LogP contribution in [0.5, 0.6) is 0 Å². The van der Waals surface area contributed by atoms with Gasteiger partial charge in [-0.15, -0.1) is 0 Å². The highest BCUT2D eigenvalue weighted by Gasteiger charge is 2.21. The Balaban J connectivity index is 1.35. The number of rotatable bonds is 6. The Bertz CT molecular complexity index is 1240. The lowest BCUT2D eigenvalue weighted by Crippen LogP contribution is -2.48. The standard InChI is InChI=1S/C21H26Cl2N6O3/c1-25-19-18(20(31)26(2)21(25)32)29(13-24-19)12-16(30)11-28-7-5-27(6-8-28)10-14-3-4-15(22)9-17(14)23/h3-4,9,13,16,30H,5-8,10-12H2,1-2H3. The lowest BCUT2D eigenvalue weighted by Gasteiger charge is -2.35. The largest absolute Gasteiger partial charge is 0.390 e. The number of β-amino-alcohol motifs (C(OH)–C–C–N with tert-alkyl or cyclic N) is 1. The van der Waals surface area contributed by atoms with Gasteiger partial charge in [-0.2, -0.15) is 0 Å². The lowest BCUT2D eigenvalue weighted by atomic mass is 10.2. The molecule has 0 saturated carbocycles. The number of imidazole rings is 1. The average molecular weight is 481 g/mol. The van der Waals surface area contributed by atoms with Crippen molar-refractivity contribution in [2.75, 3.05) is 32.7 Å². The Morgan fingerprint density at radius 1 is 1.03 bits per heavy atom. The van der Waals surface area contributed by atoms with E-state index in [1.807, 2.05) is 12.1 Å². The van der Waals surface area contributed by atoms with Crippen LogP contribution in [0.15, 0.2) is 34.1 Å². The molecule has 0 spiro atoms. The summed E-state index contributed by atoms with van der Waals surface area (Å²) >= 11 is 12.3. The Morgan fingerprint density at radius 2 is 1.72 bits per heavy atom. The Labute approximate surface area is 195 Å². The maximum absolute atomic E-state index is 12.6. The van der Waals surface area contributed by atoms with Crippen molar-refractivity contribution in [2.45, 2.75) is 19.2 Å². The third-order valence-electron chi connectivity index (χ3n) is 5.97. The highest BCUT2D eigenvalue weighted by molar-refractivity contribution is 6.35. The zero-order chi connectivity index (χ0) is 23.0. The first kappa shape index (κ1) is 23.0. The molecule has 3 heterocycles. The summed E-state index contributed by atoms with van der Waals surface area (Å²) in [6, 6.07) is 5.56. The molecule has 1 unspecified atom stereocenters. The zero-order valence-corrected chi connectivity index (χ0v) is 19.6. The normalized spacial score (nSPS) is 16.7. The van der Waals surface area contributed by atoms with Gasteiger partial charge in [-0.05, 0) is 17.7 Å². The van der Waals surface area contributed by atoms with Crippen LogP contribution >= 0.6 is 23.2 Å². The maximum atomic E-state index is 12.6.